The molecule has 0 unspecified atom stereocenters. The molecule has 0 bridgehead atoms. The SMILES string of the molecule is CN=C(NCCCCSC)NCCSc1ccccc1F. The Kier molecular flexibility index (Phi) is 10.2. The first-order valence-corrected chi connectivity index (χ1v) is 9.46. The molecule has 2 N–H and O–H groups in total. The number of benzene rings is 1. The second kappa shape index (κ2) is 11.7. The van der Waals surface area contributed by atoms with Crippen molar-refractivity contribution < 1.29 is 4.39 Å². The second-order valence-electron chi connectivity index (χ2n) is 4.40. The number of aliphatic imine (C=N–C) groups is 1. The van der Waals surface area contributed by atoms with E-state index < -0.39 is 0 Å². The highest BCUT2D eigenvalue weighted by Crippen LogP contribution is 2.20. The summed E-state index contributed by atoms with van der Waals surface area (Å²) in [6.45, 7) is 1.68. The largest absolute Gasteiger partial charge is 0.356 e. The fourth-order valence-corrected chi connectivity index (χ4v) is 2.99. The maximum absolute atomic E-state index is 13.4. The Balaban J connectivity index is 2.14. The molecule has 1 aromatic rings. The van der Waals surface area contributed by atoms with Crippen LogP contribution in [0.25, 0.3) is 0 Å². The normalized spacial score (nSPS) is 11.5. The van der Waals surface area contributed by atoms with Crippen LogP contribution < -0.4 is 10.6 Å². The molecule has 0 spiro atoms. The van der Waals surface area contributed by atoms with Crippen molar-refractivity contribution in [2.45, 2.75) is 17.7 Å². The molecule has 0 atom stereocenters. The summed E-state index contributed by atoms with van der Waals surface area (Å²) >= 11 is 3.39. The molecule has 0 aliphatic carbocycles. The van der Waals surface area contributed by atoms with E-state index in [1.165, 1.54) is 30.0 Å². The fourth-order valence-electron chi connectivity index (χ4n) is 1.69. The summed E-state index contributed by atoms with van der Waals surface area (Å²) in [7, 11) is 1.77. The number of hydrogen-bond acceptors (Lipinski definition) is 3. The zero-order chi connectivity index (χ0) is 15.3. The Morgan fingerprint density at radius 2 is 1.90 bits per heavy atom. The first-order valence-electron chi connectivity index (χ1n) is 7.08. The van der Waals surface area contributed by atoms with Gasteiger partial charge in [0.1, 0.15) is 5.82 Å². The van der Waals surface area contributed by atoms with Crippen molar-refractivity contribution in [2.75, 3.05) is 37.9 Å². The third-order valence-electron chi connectivity index (χ3n) is 2.78. The summed E-state index contributed by atoms with van der Waals surface area (Å²) < 4.78 is 13.4. The van der Waals surface area contributed by atoms with Crippen LogP contribution in [-0.4, -0.2) is 43.9 Å². The van der Waals surface area contributed by atoms with Crippen molar-refractivity contribution in [3.8, 4) is 0 Å². The molecule has 0 aromatic heterocycles. The summed E-state index contributed by atoms with van der Waals surface area (Å²) in [5.74, 6) is 2.66. The van der Waals surface area contributed by atoms with E-state index in [4.69, 9.17) is 0 Å². The quantitative estimate of drug-likeness (QED) is 0.316. The Bertz CT molecular complexity index is 427. The van der Waals surface area contributed by atoms with Crippen molar-refractivity contribution in [3.63, 3.8) is 0 Å². The molecule has 0 aliphatic rings. The van der Waals surface area contributed by atoms with E-state index in [0.29, 0.717) is 4.90 Å². The van der Waals surface area contributed by atoms with Gasteiger partial charge in [0.05, 0.1) is 0 Å². The third-order valence-corrected chi connectivity index (χ3v) is 4.53. The van der Waals surface area contributed by atoms with E-state index >= 15 is 0 Å². The summed E-state index contributed by atoms with van der Waals surface area (Å²) in [4.78, 5) is 4.87. The summed E-state index contributed by atoms with van der Waals surface area (Å²) in [5.41, 5.74) is 0. The zero-order valence-corrected chi connectivity index (χ0v) is 14.3. The maximum atomic E-state index is 13.4. The minimum Gasteiger partial charge on any atom is -0.356 e. The summed E-state index contributed by atoms with van der Waals surface area (Å²) in [5, 5.41) is 6.53. The first kappa shape index (κ1) is 18.2. The van der Waals surface area contributed by atoms with Gasteiger partial charge in [0.25, 0.3) is 0 Å². The number of nitrogens with one attached hydrogen (secondary N) is 2. The number of rotatable bonds is 9. The molecule has 0 saturated carbocycles. The predicted molar refractivity (Wildman–Crippen MR) is 94.1 cm³/mol. The molecule has 0 fully saturated rings. The van der Waals surface area contributed by atoms with Gasteiger partial charge in [-0.15, -0.1) is 11.8 Å². The topological polar surface area (TPSA) is 36.4 Å². The van der Waals surface area contributed by atoms with Crippen LogP contribution in [-0.2, 0) is 0 Å². The lowest BCUT2D eigenvalue weighted by atomic mass is 10.3. The van der Waals surface area contributed by atoms with Crippen LogP contribution in [0.4, 0.5) is 4.39 Å². The molecular weight excluding hydrogens is 305 g/mol. The average Bonchev–Trinajstić information content (AvgIpc) is 2.50. The van der Waals surface area contributed by atoms with Crippen LogP contribution in [0.5, 0.6) is 0 Å². The number of thioether (sulfide) groups is 2. The van der Waals surface area contributed by atoms with E-state index in [9.17, 15) is 4.39 Å². The Morgan fingerprint density at radius 1 is 1.14 bits per heavy atom. The Hall–Kier alpha value is -0.880. The van der Waals surface area contributed by atoms with Crippen LogP contribution in [0, 0.1) is 5.82 Å². The molecule has 1 rings (SSSR count). The van der Waals surface area contributed by atoms with Crippen molar-refractivity contribution in [1.29, 1.82) is 0 Å². The fraction of sp³-hybridized carbons (Fsp3) is 0.533. The van der Waals surface area contributed by atoms with Crippen LogP contribution >= 0.6 is 23.5 Å². The average molecular weight is 330 g/mol. The highest BCUT2D eigenvalue weighted by Gasteiger charge is 2.01. The van der Waals surface area contributed by atoms with Gasteiger partial charge in [-0.2, -0.15) is 11.8 Å². The van der Waals surface area contributed by atoms with Gasteiger partial charge in [0, 0.05) is 30.8 Å². The van der Waals surface area contributed by atoms with Gasteiger partial charge in [0.2, 0.25) is 0 Å². The highest BCUT2D eigenvalue weighted by molar-refractivity contribution is 7.99. The lowest BCUT2D eigenvalue weighted by molar-refractivity contribution is 0.602. The van der Waals surface area contributed by atoms with Crippen LogP contribution in [0.1, 0.15) is 12.8 Å². The van der Waals surface area contributed by atoms with Gasteiger partial charge in [-0.1, -0.05) is 12.1 Å². The third kappa shape index (κ3) is 8.21. The lowest BCUT2D eigenvalue weighted by Gasteiger charge is -2.11. The molecule has 21 heavy (non-hydrogen) atoms. The van der Waals surface area contributed by atoms with Gasteiger partial charge < -0.3 is 10.6 Å². The highest BCUT2D eigenvalue weighted by atomic mass is 32.2. The molecule has 3 nitrogen and oxygen atoms in total. The molecule has 0 aliphatic heterocycles. The Labute approximate surface area is 135 Å². The number of halogens is 1. The monoisotopic (exact) mass is 329 g/mol. The zero-order valence-electron chi connectivity index (χ0n) is 12.7. The number of nitrogens with zero attached hydrogens (tertiary/aromatic N) is 1. The van der Waals surface area contributed by atoms with E-state index in [-0.39, 0.29) is 5.82 Å². The molecule has 0 radical (unpaired) electrons. The van der Waals surface area contributed by atoms with Crippen LogP contribution in [0.2, 0.25) is 0 Å². The molecule has 0 heterocycles. The number of hydrogen-bond donors (Lipinski definition) is 2. The van der Waals surface area contributed by atoms with Crippen molar-refractivity contribution in [3.05, 3.63) is 30.1 Å². The molecule has 1 aromatic carbocycles. The number of unbranched alkanes of at least 4 members (excludes halogenated alkanes) is 1. The predicted octanol–water partition coefficient (Wildman–Crippen LogP) is 3.23. The van der Waals surface area contributed by atoms with Gasteiger partial charge in [-0.3, -0.25) is 4.99 Å². The lowest BCUT2D eigenvalue weighted by Crippen LogP contribution is -2.38. The van der Waals surface area contributed by atoms with E-state index in [2.05, 4.69) is 21.9 Å². The second-order valence-corrected chi connectivity index (χ2v) is 6.53. The van der Waals surface area contributed by atoms with Crippen molar-refractivity contribution >= 4 is 29.5 Å². The Morgan fingerprint density at radius 3 is 2.62 bits per heavy atom. The minimum atomic E-state index is -0.154. The van der Waals surface area contributed by atoms with Crippen molar-refractivity contribution in [1.82, 2.24) is 10.6 Å². The summed E-state index contributed by atoms with van der Waals surface area (Å²) in [6.07, 6.45) is 4.49. The van der Waals surface area contributed by atoms with Crippen LogP contribution in [0.3, 0.4) is 0 Å². The van der Waals surface area contributed by atoms with Gasteiger partial charge in [0.15, 0.2) is 5.96 Å². The van der Waals surface area contributed by atoms with Crippen molar-refractivity contribution in [2.24, 2.45) is 4.99 Å². The summed E-state index contributed by atoms with van der Waals surface area (Å²) in [6, 6.07) is 6.86. The first-order chi connectivity index (χ1) is 10.3. The van der Waals surface area contributed by atoms with E-state index in [1.807, 2.05) is 17.8 Å². The minimum absolute atomic E-state index is 0.154. The number of guanidine groups is 1. The van der Waals surface area contributed by atoms with Gasteiger partial charge in [-0.25, -0.2) is 4.39 Å². The smallest absolute Gasteiger partial charge is 0.191 e. The molecule has 118 valence electrons. The molecule has 0 amide bonds. The standard InChI is InChI=1S/C15H24FN3S2/c1-17-15(18-9-5-6-11-20-2)19-10-12-21-14-8-4-3-7-13(14)16/h3-4,7-8H,5-6,9-12H2,1-2H3,(H2,17,18,19). The van der Waals surface area contributed by atoms with Gasteiger partial charge in [-0.05, 0) is 37.0 Å². The van der Waals surface area contributed by atoms with Gasteiger partial charge >= 0.3 is 0 Å². The van der Waals surface area contributed by atoms with E-state index in [0.717, 1.165) is 31.2 Å². The van der Waals surface area contributed by atoms with Crippen LogP contribution in [0.15, 0.2) is 34.2 Å². The molecule has 0 saturated heterocycles. The molecular formula is C15H24FN3S2. The molecule has 6 heteroatoms. The van der Waals surface area contributed by atoms with E-state index in [1.54, 1.807) is 19.2 Å². The maximum Gasteiger partial charge on any atom is 0.191 e.